The third-order valence-corrected chi connectivity index (χ3v) is 2.98. The van der Waals surface area contributed by atoms with Crippen molar-refractivity contribution in [1.29, 1.82) is 0 Å². The van der Waals surface area contributed by atoms with Crippen LogP contribution in [0.25, 0.3) is 0 Å². The van der Waals surface area contributed by atoms with Crippen LogP contribution in [0, 0.1) is 0 Å². The summed E-state index contributed by atoms with van der Waals surface area (Å²) < 4.78 is 45.2. The Morgan fingerprint density at radius 3 is 2.39 bits per heavy atom. The molecule has 1 amide bonds. The quantitative estimate of drug-likeness (QED) is 0.445. The summed E-state index contributed by atoms with van der Waals surface area (Å²) in [5.74, 6) is -2.62. The molecule has 0 unspecified atom stereocenters. The van der Waals surface area contributed by atoms with Gasteiger partial charge in [0.1, 0.15) is 0 Å². The summed E-state index contributed by atoms with van der Waals surface area (Å²) in [7, 11) is 0. The number of hydrogen-bond acceptors (Lipinski definition) is 3. The first-order valence-corrected chi connectivity index (χ1v) is 6.85. The van der Waals surface area contributed by atoms with E-state index in [1.807, 2.05) is 0 Å². The highest BCUT2D eigenvalue weighted by molar-refractivity contribution is 5.97. The molecule has 1 aromatic carbocycles. The van der Waals surface area contributed by atoms with Crippen LogP contribution in [0.3, 0.4) is 0 Å². The lowest BCUT2D eigenvalue weighted by molar-refractivity contribution is -0.737. The molecule has 5 nitrogen and oxygen atoms in total. The van der Waals surface area contributed by atoms with Crippen LogP contribution in [0.1, 0.15) is 17.3 Å². The molecule has 0 heterocycles. The molecule has 0 bridgehead atoms. The minimum Gasteiger partial charge on any atom is -0.460 e. The van der Waals surface area contributed by atoms with Gasteiger partial charge in [0.2, 0.25) is 0 Å². The largest absolute Gasteiger partial charge is 0.478 e. The van der Waals surface area contributed by atoms with Gasteiger partial charge >= 0.3 is 17.8 Å². The Morgan fingerprint density at radius 2 is 1.91 bits per heavy atom. The smallest absolute Gasteiger partial charge is 0.460 e. The molecule has 8 heteroatoms. The predicted octanol–water partition coefficient (Wildman–Crippen LogP) is 0.988. The van der Waals surface area contributed by atoms with Gasteiger partial charge in [-0.15, -0.1) is 0 Å². The number of halogens is 3. The molecule has 0 aliphatic carbocycles. The lowest BCUT2D eigenvalue weighted by Crippen LogP contribution is -3.06. The van der Waals surface area contributed by atoms with E-state index >= 15 is 0 Å². The number of quaternary nitrogens is 1. The second kappa shape index (κ2) is 7.77. The monoisotopic (exact) mass is 331 g/mol. The minimum atomic E-state index is -5.06. The van der Waals surface area contributed by atoms with Gasteiger partial charge in [-0.1, -0.05) is 24.8 Å². The van der Waals surface area contributed by atoms with Crippen molar-refractivity contribution in [1.82, 2.24) is 5.32 Å². The van der Waals surface area contributed by atoms with Gasteiger partial charge in [0.15, 0.2) is 0 Å². The number of carbonyl (C=O) groups is 2. The van der Waals surface area contributed by atoms with Gasteiger partial charge < -0.3 is 10.1 Å². The first-order valence-electron chi connectivity index (χ1n) is 6.85. The van der Waals surface area contributed by atoms with Gasteiger partial charge in [-0.3, -0.25) is 10.1 Å². The Labute approximate surface area is 131 Å². The van der Waals surface area contributed by atoms with Crippen molar-refractivity contribution in [2.45, 2.75) is 18.8 Å². The molecular formula is C15H18F3N2O3+. The molecule has 0 spiro atoms. The molecule has 0 radical (unpaired) electrons. The third kappa shape index (κ3) is 4.32. The summed E-state index contributed by atoms with van der Waals surface area (Å²) in [6, 6.07) is 7.30. The first-order chi connectivity index (χ1) is 10.8. The summed E-state index contributed by atoms with van der Waals surface area (Å²) >= 11 is 0. The zero-order valence-corrected chi connectivity index (χ0v) is 12.5. The Morgan fingerprint density at radius 1 is 1.30 bits per heavy atom. The van der Waals surface area contributed by atoms with Crippen LogP contribution in [0.15, 0.2) is 43.0 Å². The Kier molecular flexibility index (Phi) is 6.32. The number of alkyl halides is 3. The normalized spacial score (nSPS) is 13.7. The van der Waals surface area contributed by atoms with E-state index < -0.39 is 23.7 Å². The van der Waals surface area contributed by atoms with Crippen LogP contribution in [-0.4, -0.2) is 36.9 Å². The SMILES string of the molecule is C=CC[NH2+][C@@](NC(=O)c1ccccc1)(C(=O)OCC)C(F)(F)F. The summed E-state index contributed by atoms with van der Waals surface area (Å²) in [5.41, 5.74) is -3.23. The predicted molar refractivity (Wildman–Crippen MR) is 76.3 cm³/mol. The molecule has 3 N–H and O–H groups in total. The van der Waals surface area contributed by atoms with Crippen molar-refractivity contribution < 1.29 is 32.8 Å². The van der Waals surface area contributed by atoms with E-state index in [1.54, 1.807) is 11.4 Å². The van der Waals surface area contributed by atoms with Gasteiger partial charge in [0, 0.05) is 5.56 Å². The van der Waals surface area contributed by atoms with Crippen molar-refractivity contribution in [3.05, 3.63) is 48.6 Å². The number of esters is 1. The van der Waals surface area contributed by atoms with Crippen LogP contribution >= 0.6 is 0 Å². The molecule has 0 fully saturated rings. The number of amides is 1. The van der Waals surface area contributed by atoms with E-state index in [0.29, 0.717) is 5.32 Å². The molecule has 1 atom stereocenters. The molecule has 0 aliphatic rings. The fraction of sp³-hybridized carbons (Fsp3) is 0.333. The van der Waals surface area contributed by atoms with E-state index in [0.717, 1.165) is 0 Å². The molecule has 0 aliphatic heterocycles. The maximum Gasteiger partial charge on any atom is 0.478 e. The van der Waals surface area contributed by atoms with E-state index in [2.05, 4.69) is 11.3 Å². The zero-order chi connectivity index (χ0) is 17.5. The summed E-state index contributed by atoms with van der Waals surface area (Å²) in [6.45, 7) is 4.21. The highest BCUT2D eigenvalue weighted by Gasteiger charge is 2.67. The lowest BCUT2D eigenvalue weighted by Gasteiger charge is -2.31. The van der Waals surface area contributed by atoms with E-state index in [1.165, 1.54) is 37.3 Å². The Hall–Kier alpha value is -2.35. The number of hydrogen-bond donors (Lipinski definition) is 2. The zero-order valence-electron chi connectivity index (χ0n) is 12.5. The van der Waals surface area contributed by atoms with E-state index in [9.17, 15) is 22.8 Å². The fourth-order valence-electron chi connectivity index (χ4n) is 1.83. The van der Waals surface area contributed by atoms with Gasteiger partial charge in [0.05, 0.1) is 13.2 Å². The lowest BCUT2D eigenvalue weighted by atomic mass is 10.1. The number of nitrogens with one attached hydrogen (secondary N) is 1. The molecule has 23 heavy (non-hydrogen) atoms. The van der Waals surface area contributed by atoms with Crippen LogP contribution in [-0.2, 0) is 9.53 Å². The number of rotatable bonds is 7. The number of benzene rings is 1. The highest BCUT2D eigenvalue weighted by atomic mass is 19.4. The van der Waals surface area contributed by atoms with Crippen molar-refractivity contribution in [3.8, 4) is 0 Å². The van der Waals surface area contributed by atoms with Crippen molar-refractivity contribution >= 4 is 11.9 Å². The van der Waals surface area contributed by atoms with Crippen molar-refractivity contribution in [2.75, 3.05) is 13.2 Å². The molecule has 0 saturated carbocycles. The summed E-state index contributed by atoms with van der Waals surface area (Å²) in [6.07, 6.45) is -3.87. The second-order valence-electron chi connectivity index (χ2n) is 4.57. The average molecular weight is 331 g/mol. The highest BCUT2D eigenvalue weighted by Crippen LogP contribution is 2.27. The van der Waals surface area contributed by atoms with Crippen LogP contribution < -0.4 is 10.6 Å². The van der Waals surface area contributed by atoms with E-state index in [4.69, 9.17) is 0 Å². The molecule has 1 rings (SSSR count). The Balaban J connectivity index is 3.22. The second-order valence-corrected chi connectivity index (χ2v) is 4.57. The van der Waals surface area contributed by atoms with Crippen LogP contribution in [0.5, 0.6) is 0 Å². The van der Waals surface area contributed by atoms with Crippen LogP contribution in [0.2, 0.25) is 0 Å². The van der Waals surface area contributed by atoms with Crippen molar-refractivity contribution in [2.24, 2.45) is 0 Å². The minimum absolute atomic E-state index is 0.00238. The maximum atomic E-state index is 13.6. The first kappa shape index (κ1) is 18.7. The van der Waals surface area contributed by atoms with Gasteiger partial charge in [-0.05, 0) is 25.1 Å². The Bertz CT molecular complexity index is 561. The van der Waals surface area contributed by atoms with Crippen LogP contribution in [0.4, 0.5) is 13.2 Å². The fourth-order valence-corrected chi connectivity index (χ4v) is 1.83. The summed E-state index contributed by atoms with van der Waals surface area (Å²) in [5, 5.41) is 2.40. The van der Waals surface area contributed by atoms with Gasteiger partial charge in [0.25, 0.3) is 5.91 Å². The van der Waals surface area contributed by atoms with Crippen molar-refractivity contribution in [3.63, 3.8) is 0 Å². The molecule has 0 aromatic heterocycles. The van der Waals surface area contributed by atoms with Gasteiger partial charge in [-0.25, -0.2) is 4.79 Å². The standard InChI is InChI=1S/C15H17F3N2O3/c1-3-10-19-14(15(16,17)18,13(22)23-4-2)20-12(21)11-8-6-5-7-9-11/h3,5-9,19H,1,4,10H2,2H3,(H,20,21)/p+1/t14-/m1/s1. The number of ether oxygens (including phenoxy) is 1. The molecule has 0 saturated heterocycles. The molecule has 1 aromatic rings. The molecule has 126 valence electrons. The van der Waals surface area contributed by atoms with Gasteiger partial charge in [-0.2, -0.15) is 13.2 Å². The number of nitrogens with two attached hydrogens (primary N) is 1. The average Bonchev–Trinajstić information content (AvgIpc) is 2.51. The summed E-state index contributed by atoms with van der Waals surface area (Å²) in [4.78, 5) is 24.1. The topological polar surface area (TPSA) is 72.0 Å². The molecular weight excluding hydrogens is 313 g/mol. The van der Waals surface area contributed by atoms with E-state index in [-0.39, 0.29) is 18.7 Å². The maximum absolute atomic E-state index is 13.6. The number of carbonyl (C=O) groups excluding carboxylic acids is 2. The third-order valence-electron chi connectivity index (χ3n) is 2.98.